The first-order chi connectivity index (χ1) is 9.95. The summed E-state index contributed by atoms with van der Waals surface area (Å²) in [6.45, 7) is 2.37. The fraction of sp³-hybridized carbons (Fsp3) is 0.200. The molecule has 0 aliphatic carbocycles. The molecular formula is C15H14BrFN2O2. The molecule has 0 aliphatic heterocycles. The lowest BCUT2D eigenvalue weighted by molar-refractivity contribution is -0.385. The third-order valence-electron chi connectivity index (χ3n) is 3.11. The Balaban J connectivity index is 2.07. The third-order valence-corrected chi connectivity index (χ3v) is 3.57. The van der Waals surface area contributed by atoms with E-state index in [-0.39, 0.29) is 17.5 Å². The molecule has 0 saturated carbocycles. The van der Waals surface area contributed by atoms with Crippen molar-refractivity contribution in [3.63, 3.8) is 0 Å². The van der Waals surface area contributed by atoms with Crippen LogP contribution in [0.2, 0.25) is 0 Å². The van der Waals surface area contributed by atoms with Crippen molar-refractivity contribution in [2.75, 3.05) is 0 Å². The predicted molar refractivity (Wildman–Crippen MR) is 82.5 cm³/mol. The summed E-state index contributed by atoms with van der Waals surface area (Å²) < 4.78 is 13.8. The van der Waals surface area contributed by atoms with Crippen molar-refractivity contribution < 1.29 is 9.31 Å². The first-order valence-corrected chi connectivity index (χ1v) is 7.17. The van der Waals surface area contributed by atoms with Crippen LogP contribution in [0.15, 0.2) is 46.9 Å². The van der Waals surface area contributed by atoms with Crippen molar-refractivity contribution in [3.8, 4) is 0 Å². The highest BCUT2D eigenvalue weighted by Crippen LogP contribution is 2.22. The number of halogens is 2. The maximum atomic E-state index is 13.2. The zero-order valence-corrected chi connectivity index (χ0v) is 12.9. The van der Waals surface area contributed by atoms with E-state index in [2.05, 4.69) is 21.2 Å². The standard InChI is InChI=1S/C15H14BrFN2O2/c1-10(12-3-2-4-14(17)7-12)18-9-11-5-13(16)8-15(6-11)19(20)21/h2-8,10,18H,9H2,1H3/t10-/m1/s1. The summed E-state index contributed by atoms with van der Waals surface area (Å²) in [4.78, 5) is 10.4. The summed E-state index contributed by atoms with van der Waals surface area (Å²) in [6.07, 6.45) is 0. The Morgan fingerprint density at radius 2 is 2.10 bits per heavy atom. The SMILES string of the molecule is C[C@@H](NCc1cc(Br)cc([N+](=O)[O-])c1)c1cccc(F)c1. The molecule has 6 heteroatoms. The second-order valence-electron chi connectivity index (χ2n) is 4.73. The van der Waals surface area contributed by atoms with E-state index in [1.54, 1.807) is 6.07 Å². The number of non-ortho nitro benzene ring substituents is 1. The van der Waals surface area contributed by atoms with Crippen LogP contribution in [-0.4, -0.2) is 4.92 Å². The number of rotatable bonds is 5. The van der Waals surface area contributed by atoms with Gasteiger partial charge in [0.25, 0.3) is 5.69 Å². The monoisotopic (exact) mass is 352 g/mol. The maximum Gasteiger partial charge on any atom is 0.270 e. The summed E-state index contributed by atoms with van der Waals surface area (Å²) in [5.74, 6) is -0.278. The fourth-order valence-corrected chi connectivity index (χ4v) is 2.53. The molecule has 0 heterocycles. The Hall–Kier alpha value is -1.79. The summed E-state index contributed by atoms with van der Waals surface area (Å²) in [6, 6.07) is 11.1. The lowest BCUT2D eigenvalue weighted by Gasteiger charge is -2.14. The molecule has 0 saturated heterocycles. The van der Waals surface area contributed by atoms with E-state index in [9.17, 15) is 14.5 Å². The molecule has 2 aromatic rings. The smallest absolute Gasteiger partial charge is 0.270 e. The molecule has 0 unspecified atom stereocenters. The average molecular weight is 353 g/mol. The van der Waals surface area contributed by atoms with Crippen molar-refractivity contribution in [1.82, 2.24) is 5.32 Å². The normalized spacial score (nSPS) is 12.1. The quantitative estimate of drug-likeness (QED) is 0.642. The highest BCUT2D eigenvalue weighted by Gasteiger charge is 2.10. The Bertz CT molecular complexity index is 664. The number of nitro groups is 1. The molecule has 0 amide bonds. The maximum absolute atomic E-state index is 13.2. The molecule has 21 heavy (non-hydrogen) atoms. The molecular weight excluding hydrogens is 339 g/mol. The predicted octanol–water partition coefficient (Wildman–Crippen LogP) is 4.35. The van der Waals surface area contributed by atoms with Gasteiger partial charge in [0, 0.05) is 29.2 Å². The molecule has 1 atom stereocenters. The summed E-state index contributed by atoms with van der Waals surface area (Å²) in [5, 5.41) is 14.1. The molecule has 2 rings (SSSR count). The van der Waals surface area contributed by atoms with E-state index in [4.69, 9.17) is 0 Å². The van der Waals surface area contributed by atoms with Crippen LogP contribution in [0, 0.1) is 15.9 Å². The van der Waals surface area contributed by atoms with E-state index in [0.29, 0.717) is 11.0 Å². The zero-order chi connectivity index (χ0) is 15.4. The first kappa shape index (κ1) is 15.6. The Kier molecular flexibility index (Phi) is 5.03. The molecule has 2 aromatic carbocycles. The van der Waals surface area contributed by atoms with E-state index in [1.807, 2.05) is 19.1 Å². The van der Waals surface area contributed by atoms with Gasteiger partial charge in [-0.1, -0.05) is 28.1 Å². The Morgan fingerprint density at radius 3 is 2.76 bits per heavy atom. The van der Waals surface area contributed by atoms with E-state index in [1.165, 1.54) is 24.3 Å². The molecule has 0 fully saturated rings. The minimum Gasteiger partial charge on any atom is -0.306 e. The summed E-state index contributed by atoms with van der Waals surface area (Å²) in [5.41, 5.74) is 1.67. The van der Waals surface area contributed by atoms with Crippen molar-refractivity contribution in [2.24, 2.45) is 0 Å². The van der Waals surface area contributed by atoms with Gasteiger partial charge < -0.3 is 5.32 Å². The van der Waals surface area contributed by atoms with Crippen molar-refractivity contribution >= 4 is 21.6 Å². The molecule has 0 spiro atoms. The van der Waals surface area contributed by atoms with Crippen LogP contribution in [-0.2, 0) is 6.54 Å². The number of hydrogen-bond acceptors (Lipinski definition) is 3. The first-order valence-electron chi connectivity index (χ1n) is 6.38. The molecule has 0 aromatic heterocycles. The Labute approximate surface area is 130 Å². The lowest BCUT2D eigenvalue weighted by Crippen LogP contribution is -2.18. The number of nitrogens with one attached hydrogen (secondary N) is 1. The van der Waals surface area contributed by atoms with Gasteiger partial charge in [-0.2, -0.15) is 0 Å². The van der Waals surface area contributed by atoms with E-state index in [0.717, 1.165) is 11.1 Å². The largest absolute Gasteiger partial charge is 0.306 e. The van der Waals surface area contributed by atoms with Gasteiger partial charge in [-0.15, -0.1) is 0 Å². The van der Waals surface area contributed by atoms with Crippen LogP contribution in [0.5, 0.6) is 0 Å². The minimum absolute atomic E-state index is 0.0413. The Morgan fingerprint density at radius 1 is 1.33 bits per heavy atom. The van der Waals surface area contributed by atoms with Crippen LogP contribution in [0.1, 0.15) is 24.1 Å². The van der Waals surface area contributed by atoms with Gasteiger partial charge >= 0.3 is 0 Å². The number of benzene rings is 2. The second kappa shape index (κ2) is 6.78. The van der Waals surface area contributed by atoms with Gasteiger partial charge in [0.15, 0.2) is 0 Å². The van der Waals surface area contributed by atoms with E-state index < -0.39 is 4.92 Å². The third kappa shape index (κ3) is 4.34. The van der Waals surface area contributed by atoms with Crippen LogP contribution in [0.4, 0.5) is 10.1 Å². The number of hydrogen-bond donors (Lipinski definition) is 1. The fourth-order valence-electron chi connectivity index (χ4n) is 2.01. The zero-order valence-electron chi connectivity index (χ0n) is 11.3. The molecule has 0 radical (unpaired) electrons. The van der Waals surface area contributed by atoms with Crippen molar-refractivity contribution in [1.29, 1.82) is 0 Å². The van der Waals surface area contributed by atoms with Gasteiger partial charge in [-0.25, -0.2) is 4.39 Å². The summed E-state index contributed by atoms with van der Waals surface area (Å²) >= 11 is 3.26. The van der Waals surface area contributed by atoms with Gasteiger partial charge in [0.1, 0.15) is 5.82 Å². The second-order valence-corrected chi connectivity index (χ2v) is 5.65. The molecule has 0 aliphatic rings. The number of nitro benzene ring substituents is 1. The topological polar surface area (TPSA) is 55.2 Å². The van der Waals surface area contributed by atoms with Crippen LogP contribution in [0.25, 0.3) is 0 Å². The average Bonchev–Trinajstić information content (AvgIpc) is 2.44. The number of nitrogens with zero attached hydrogens (tertiary/aromatic N) is 1. The van der Waals surface area contributed by atoms with Crippen LogP contribution < -0.4 is 5.32 Å². The molecule has 1 N–H and O–H groups in total. The molecule has 0 bridgehead atoms. The lowest BCUT2D eigenvalue weighted by atomic mass is 10.1. The van der Waals surface area contributed by atoms with Crippen LogP contribution in [0.3, 0.4) is 0 Å². The van der Waals surface area contributed by atoms with Gasteiger partial charge in [0.05, 0.1) is 4.92 Å². The highest BCUT2D eigenvalue weighted by atomic mass is 79.9. The molecule has 4 nitrogen and oxygen atoms in total. The highest BCUT2D eigenvalue weighted by molar-refractivity contribution is 9.10. The van der Waals surface area contributed by atoms with Gasteiger partial charge in [-0.3, -0.25) is 10.1 Å². The van der Waals surface area contributed by atoms with E-state index >= 15 is 0 Å². The van der Waals surface area contributed by atoms with Gasteiger partial charge in [-0.05, 0) is 36.2 Å². The van der Waals surface area contributed by atoms with Crippen LogP contribution >= 0.6 is 15.9 Å². The van der Waals surface area contributed by atoms with Gasteiger partial charge in [0.2, 0.25) is 0 Å². The molecule has 110 valence electrons. The van der Waals surface area contributed by atoms with Crippen molar-refractivity contribution in [2.45, 2.75) is 19.5 Å². The van der Waals surface area contributed by atoms with Crippen molar-refractivity contribution in [3.05, 3.63) is 74.0 Å². The summed E-state index contributed by atoms with van der Waals surface area (Å²) in [7, 11) is 0. The minimum atomic E-state index is -0.426.